The van der Waals surface area contributed by atoms with Crippen LogP contribution < -0.4 is 5.73 Å². The average Bonchev–Trinajstić information content (AvgIpc) is 2.30. The van der Waals surface area contributed by atoms with Gasteiger partial charge < -0.3 is 5.73 Å². The highest BCUT2D eigenvalue weighted by Crippen LogP contribution is 2.28. The molecule has 0 aliphatic carbocycles. The Labute approximate surface area is 90.5 Å². The molecule has 1 saturated heterocycles. The molecule has 2 N–H and O–H groups in total. The summed E-state index contributed by atoms with van der Waals surface area (Å²) in [6.07, 6.45) is 3.77. The van der Waals surface area contributed by atoms with Gasteiger partial charge in [-0.05, 0) is 38.1 Å². The summed E-state index contributed by atoms with van der Waals surface area (Å²) in [7, 11) is 0. The van der Waals surface area contributed by atoms with E-state index in [1.54, 1.807) is 0 Å². The fourth-order valence-corrected chi connectivity index (χ4v) is 2.24. The highest BCUT2D eigenvalue weighted by Gasteiger charge is 2.23. The minimum Gasteiger partial charge on any atom is -0.382 e. The van der Waals surface area contributed by atoms with Gasteiger partial charge in [0.05, 0.1) is 11.7 Å². The maximum atomic E-state index is 5.54. The first-order chi connectivity index (χ1) is 7.31. The Morgan fingerprint density at radius 3 is 2.93 bits per heavy atom. The second kappa shape index (κ2) is 4.57. The molecule has 0 radical (unpaired) electrons. The maximum absolute atomic E-state index is 5.54. The molecule has 1 aromatic rings. The van der Waals surface area contributed by atoms with Crippen LogP contribution in [-0.2, 0) is 0 Å². The third-order valence-corrected chi connectivity index (χ3v) is 3.07. The van der Waals surface area contributed by atoms with E-state index in [1.807, 2.05) is 12.1 Å². The van der Waals surface area contributed by atoms with Crippen molar-refractivity contribution in [2.75, 3.05) is 18.8 Å². The average molecular weight is 206 g/mol. The lowest BCUT2D eigenvalue weighted by molar-refractivity contribution is 0.153. The van der Waals surface area contributed by atoms with E-state index in [2.05, 4.69) is 22.0 Å². The highest BCUT2D eigenvalue weighted by molar-refractivity contribution is 5.26. The largest absolute Gasteiger partial charge is 0.382 e. The molecule has 1 aromatic heterocycles. The molecule has 82 valence electrons. The number of likely N-dealkylation sites (tertiary alicyclic amines) is 1. The van der Waals surface area contributed by atoms with E-state index in [0.29, 0.717) is 11.9 Å². The number of nitrogen functional groups attached to an aromatic ring is 1. The van der Waals surface area contributed by atoms with Crippen LogP contribution >= 0.6 is 0 Å². The second-order valence-corrected chi connectivity index (χ2v) is 4.02. The molecule has 4 heteroatoms. The first kappa shape index (κ1) is 10.4. The fraction of sp³-hybridized carbons (Fsp3) is 0.636. The summed E-state index contributed by atoms with van der Waals surface area (Å²) in [4.78, 5) is 2.46. The van der Waals surface area contributed by atoms with Gasteiger partial charge in [0.2, 0.25) is 0 Å². The quantitative estimate of drug-likeness (QED) is 0.798. The molecule has 0 saturated carbocycles. The van der Waals surface area contributed by atoms with Gasteiger partial charge in [-0.1, -0.05) is 13.3 Å². The Morgan fingerprint density at radius 2 is 2.27 bits per heavy atom. The van der Waals surface area contributed by atoms with Crippen molar-refractivity contribution in [1.82, 2.24) is 15.1 Å². The van der Waals surface area contributed by atoms with Crippen LogP contribution in [0.1, 0.15) is 37.9 Å². The van der Waals surface area contributed by atoms with E-state index in [1.165, 1.54) is 25.8 Å². The second-order valence-electron chi connectivity index (χ2n) is 4.02. The van der Waals surface area contributed by atoms with Crippen LogP contribution in [0.25, 0.3) is 0 Å². The van der Waals surface area contributed by atoms with Gasteiger partial charge in [-0.3, -0.25) is 4.90 Å². The van der Waals surface area contributed by atoms with E-state index in [4.69, 9.17) is 5.73 Å². The van der Waals surface area contributed by atoms with Gasteiger partial charge in [0.1, 0.15) is 5.82 Å². The number of aromatic nitrogens is 2. The van der Waals surface area contributed by atoms with Gasteiger partial charge in [-0.15, -0.1) is 5.10 Å². The molecule has 0 aromatic carbocycles. The van der Waals surface area contributed by atoms with Crippen molar-refractivity contribution in [2.45, 2.75) is 32.2 Å². The van der Waals surface area contributed by atoms with Gasteiger partial charge in [0.15, 0.2) is 0 Å². The monoisotopic (exact) mass is 206 g/mol. The molecule has 2 heterocycles. The van der Waals surface area contributed by atoms with Crippen molar-refractivity contribution in [2.24, 2.45) is 0 Å². The summed E-state index contributed by atoms with van der Waals surface area (Å²) in [6, 6.07) is 4.28. The molecule has 0 bridgehead atoms. The Morgan fingerprint density at radius 1 is 1.40 bits per heavy atom. The summed E-state index contributed by atoms with van der Waals surface area (Å²) >= 11 is 0. The smallest absolute Gasteiger partial charge is 0.146 e. The Kier molecular flexibility index (Phi) is 3.16. The molecule has 1 aliphatic heterocycles. The summed E-state index contributed by atoms with van der Waals surface area (Å²) in [5, 5.41) is 8.11. The predicted octanol–water partition coefficient (Wildman–Crippen LogP) is 1.61. The molecule has 0 spiro atoms. The third kappa shape index (κ3) is 2.26. The van der Waals surface area contributed by atoms with Gasteiger partial charge in [0.25, 0.3) is 0 Å². The van der Waals surface area contributed by atoms with Crippen LogP contribution in [0.15, 0.2) is 12.1 Å². The van der Waals surface area contributed by atoms with Crippen LogP contribution in [0.3, 0.4) is 0 Å². The zero-order valence-electron chi connectivity index (χ0n) is 9.19. The van der Waals surface area contributed by atoms with Gasteiger partial charge in [-0.2, -0.15) is 5.10 Å². The highest BCUT2D eigenvalue weighted by atomic mass is 15.2. The van der Waals surface area contributed by atoms with E-state index in [0.717, 1.165) is 12.2 Å². The van der Waals surface area contributed by atoms with Crippen molar-refractivity contribution in [3.63, 3.8) is 0 Å². The van der Waals surface area contributed by atoms with Crippen molar-refractivity contribution >= 4 is 5.82 Å². The van der Waals surface area contributed by atoms with Gasteiger partial charge >= 0.3 is 0 Å². The number of nitrogens with zero attached hydrogens (tertiary/aromatic N) is 3. The molecule has 15 heavy (non-hydrogen) atoms. The molecular weight excluding hydrogens is 188 g/mol. The molecule has 4 nitrogen and oxygen atoms in total. The molecule has 1 fully saturated rings. The molecule has 2 rings (SSSR count). The SMILES string of the molecule is CCN1CCCCC1c1ccc(N)nn1. The number of nitrogens with two attached hydrogens (primary N) is 1. The number of hydrogen-bond acceptors (Lipinski definition) is 4. The molecule has 1 atom stereocenters. The minimum absolute atomic E-state index is 0.442. The lowest BCUT2D eigenvalue weighted by atomic mass is 9.99. The van der Waals surface area contributed by atoms with Gasteiger partial charge in [-0.25, -0.2) is 0 Å². The normalized spacial score (nSPS) is 22.9. The van der Waals surface area contributed by atoms with Crippen molar-refractivity contribution < 1.29 is 0 Å². The Bertz CT molecular complexity index is 309. The number of hydrogen-bond donors (Lipinski definition) is 1. The lowest BCUT2D eigenvalue weighted by Gasteiger charge is -2.34. The van der Waals surface area contributed by atoms with Crippen LogP contribution in [0.5, 0.6) is 0 Å². The Hall–Kier alpha value is -1.16. The van der Waals surface area contributed by atoms with Crippen LogP contribution in [-0.4, -0.2) is 28.2 Å². The van der Waals surface area contributed by atoms with E-state index in [-0.39, 0.29) is 0 Å². The van der Waals surface area contributed by atoms with Crippen LogP contribution in [0.4, 0.5) is 5.82 Å². The maximum Gasteiger partial charge on any atom is 0.146 e. The zero-order chi connectivity index (χ0) is 10.7. The zero-order valence-corrected chi connectivity index (χ0v) is 9.19. The number of piperidine rings is 1. The van der Waals surface area contributed by atoms with Gasteiger partial charge in [0, 0.05) is 0 Å². The lowest BCUT2D eigenvalue weighted by Crippen LogP contribution is -2.33. The van der Waals surface area contributed by atoms with Crippen molar-refractivity contribution in [3.8, 4) is 0 Å². The van der Waals surface area contributed by atoms with Crippen LogP contribution in [0, 0.1) is 0 Å². The first-order valence-corrected chi connectivity index (χ1v) is 5.64. The number of anilines is 1. The van der Waals surface area contributed by atoms with Crippen LogP contribution in [0.2, 0.25) is 0 Å². The fourth-order valence-electron chi connectivity index (χ4n) is 2.24. The standard InChI is InChI=1S/C11H18N4/c1-2-15-8-4-3-5-10(15)9-6-7-11(12)14-13-9/h6-7,10H,2-5,8H2,1H3,(H2,12,14). The topological polar surface area (TPSA) is 55.0 Å². The number of rotatable bonds is 2. The van der Waals surface area contributed by atoms with E-state index >= 15 is 0 Å². The summed E-state index contributed by atoms with van der Waals surface area (Å²) < 4.78 is 0. The predicted molar refractivity (Wildman–Crippen MR) is 60.3 cm³/mol. The molecule has 1 aliphatic rings. The van der Waals surface area contributed by atoms with Crippen molar-refractivity contribution in [1.29, 1.82) is 0 Å². The van der Waals surface area contributed by atoms with E-state index in [9.17, 15) is 0 Å². The van der Waals surface area contributed by atoms with Crippen molar-refractivity contribution in [3.05, 3.63) is 17.8 Å². The Balaban J connectivity index is 2.16. The molecule has 1 unspecified atom stereocenters. The van der Waals surface area contributed by atoms with E-state index < -0.39 is 0 Å². The summed E-state index contributed by atoms with van der Waals surface area (Å²) in [6.45, 7) is 4.45. The molecule has 0 amide bonds. The third-order valence-electron chi connectivity index (χ3n) is 3.07. The summed E-state index contributed by atoms with van der Waals surface area (Å²) in [5.41, 5.74) is 6.60. The summed E-state index contributed by atoms with van der Waals surface area (Å²) in [5.74, 6) is 0.498. The molecular formula is C11H18N4. The minimum atomic E-state index is 0.442. The first-order valence-electron chi connectivity index (χ1n) is 5.64.